The van der Waals surface area contributed by atoms with E-state index in [-0.39, 0.29) is 11.6 Å². The molecule has 0 heterocycles. The monoisotopic (exact) mass is 290 g/mol. The van der Waals surface area contributed by atoms with Crippen molar-refractivity contribution in [3.63, 3.8) is 0 Å². The summed E-state index contributed by atoms with van der Waals surface area (Å²) in [5, 5.41) is 0. The molecule has 3 aliphatic carbocycles. The van der Waals surface area contributed by atoms with Gasteiger partial charge < -0.3 is 4.74 Å². The molecule has 0 aromatic rings. The van der Waals surface area contributed by atoms with Crippen molar-refractivity contribution in [3.8, 4) is 0 Å². The summed E-state index contributed by atoms with van der Waals surface area (Å²) >= 11 is 0. The standard InChI is InChI=1S/C19H30O2/c1-14(2)18(20)21-19(16-10-4-5-11-16)13-7-9-15-8-3-6-12-17(15)19/h15-17H,1,3-13H2,2H3. The van der Waals surface area contributed by atoms with E-state index in [0.29, 0.717) is 17.4 Å². The third-order valence-electron chi connectivity index (χ3n) is 6.36. The van der Waals surface area contributed by atoms with Crippen molar-refractivity contribution in [1.29, 1.82) is 0 Å². The molecule has 3 aliphatic rings. The molecule has 3 saturated carbocycles. The van der Waals surface area contributed by atoms with Crippen molar-refractivity contribution in [2.45, 2.75) is 83.2 Å². The first kappa shape index (κ1) is 15.1. The van der Waals surface area contributed by atoms with E-state index in [0.717, 1.165) is 12.3 Å². The quantitative estimate of drug-likeness (QED) is 0.538. The number of esters is 1. The van der Waals surface area contributed by atoms with Crippen LogP contribution in [0.5, 0.6) is 0 Å². The topological polar surface area (TPSA) is 26.3 Å². The third-order valence-corrected chi connectivity index (χ3v) is 6.36. The Hall–Kier alpha value is -0.790. The fourth-order valence-electron chi connectivity index (χ4n) is 5.41. The van der Waals surface area contributed by atoms with Crippen LogP contribution in [-0.2, 0) is 9.53 Å². The first-order valence-electron chi connectivity index (χ1n) is 9.02. The van der Waals surface area contributed by atoms with Gasteiger partial charge in [-0.2, -0.15) is 0 Å². The van der Waals surface area contributed by atoms with Crippen molar-refractivity contribution in [1.82, 2.24) is 0 Å². The van der Waals surface area contributed by atoms with Crippen molar-refractivity contribution in [2.75, 3.05) is 0 Å². The van der Waals surface area contributed by atoms with Gasteiger partial charge in [0.05, 0.1) is 0 Å². The molecule has 0 radical (unpaired) electrons. The Bertz CT molecular complexity index is 406. The van der Waals surface area contributed by atoms with Crippen LogP contribution in [0.3, 0.4) is 0 Å². The van der Waals surface area contributed by atoms with Gasteiger partial charge >= 0.3 is 5.97 Å². The molecule has 3 unspecified atom stereocenters. The van der Waals surface area contributed by atoms with Crippen LogP contribution < -0.4 is 0 Å². The minimum atomic E-state index is -0.157. The van der Waals surface area contributed by atoms with Gasteiger partial charge in [0.2, 0.25) is 0 Å². The van der Waals surface area contributed by atoms with Crippen LogP contribution in [0.25, 0.3) is 0 Å². The Balaban J connectivity index is 1.89. The molecule has 2 nitrogen and oxygen atoms in total. The molecule has 0 bridgehead atoms. The van der Waals surface area contributed by atoms with E-state index in [2.05, 4.69) is 6.58 Å². The van der Waals surface area contributed by atoms with E-state index in [1.807, 2.05) is 0 Å². The Labute approximate surface area is 129 Å². The summed E-state index contributed by atoms with van der Waals surface area (Å²) < 4.78 is 6.26. The van der Waals surface area contributed by atoms with Gasteiger partial charge in [0.15, 0.2) is 0 Å². The lowest BCUT2D eigenvalue weighted by molar-refractivity contribution is -0.186. The lowest BCUT2D eigenvalue weighted by atomic mass is 9.58. The Morgan fingerprint density at radius 2 is 1.62 bits per heavy atom. The van der Waals surface area contributed by atoms with Crippen molar-refractivity contribution >= 4 is 5.97 Å². The second kappa shape index (κ2) is 6.14. The molecule has 0 aromatic carbocycles. The molecule has 21 heavy (non-hydrogen) atoms. The molecule has 0 N–H and O–H groups in total. The highest BCUT2D eigenvalue weighted by Crippen LogP contribution is 2.54. The molecule has 3 fully saturated rings. The third kappa shape index (κ3) is 2.78. The number of ether oxygens (including phenoxy) is 1. The van der Waals surface area contributed by atoms with Crippen LogP contribution in [0.2, 0.25) is 0 Å². The molecule has 118 valence electrons. The van der Waals surface area contributed by atoms with Crippen molar-refractivity contribution < 1.29 is 9.53 Å². The lowest BCUT2D eigenvalue weighted by Crippen LogP contribution is -2.54. The van der Waals surface area contributed by atoms with E-state index in [1.165, 1.54) is 64.2 Å². The van der Waals surface area contributed by atoms with Gasteiger partial charge in [0.25, 0.3) is 0 Å². The summed E-state index contributed by atoms with van der Waals surface area (Å²) in [4.78, 5) is 12.3. The van der Waals surface area contributed by atoms with Gasteiger partial charge in [0, 0.05) is 11.5 Å². The van der Waals surface area contributed by atoms with Gasteiger partial charge in [-0.25, -0.2) is 4.79 Å². The SMILES string of the molecule is C=C(C)C(=O)OC1(C2CCCC2)CCCC2CCCCC21. The first-order chi connectivity index (χ1) is 10.1. The lowest BCUT2D eigenvalue weighted by Gasteiger charge is -2.52. The normalized spacial score (nSPS) is 37.0. The molecule has 0 aromatic heterocycles. The second-order valence-electron chi connectivity index (χ2n) is 7.65. The van der Waals surface area contributed by atoms with Gasteiger partial charge in [0.1, 0.15) is 5.60 Å². The summed E-state index contributed by atoms with van der Waals surface area (Å²) in [6.45, 7) is 5.59. The average Bonchev–Trinajstić information content (AvgIpc) is 3.02. The van der Waals surface area contributed by atoms with E-state index in [1.54, 1.807) is 6.92 Å². The minimum absolute atomic E-state index is 0.145. The summed E-state index contributed by atoms with van der Waals surface area (Å²) in [6, 6.07) is 0. The zero-order chi connectivity index (χ0) is 14.9. The molecule has 0 saturated heterocycles. The number of hydrogen-bond acceptors (Lipinski definition) is 2. The zero-order valence-electron chi connectivity index (χ0n) is 13.5. The van der Waals surface area contributed by atoms with Gasteiger partial charge in [-0.15, -0.1) is 0 Å². The number of carbonyl (C=O) groups excluding carboxylic acids is 1. The zero-order valence-corrected chi connectivity index (χ0v) is 13.5. The van der Waals surface area contributed by atoms with Crippen LogP contribution >= 0.6 is 0 Å². The predicted octanol–water partition coefficient (Wildman–Crippen LogP) is 5.03. The maximum Gasteiger partial charge on any atom is 0.333 e. The van der Waals surface area contributed by atoms with E-state index in [9.17, 15) is 4.79 Å². The summed E-state index contributed by atoms with van der Waals surface area (Å²) in [7, 11) is 0. The first-order valence-corrected chi connectivity index (χ1v) is 9.02. The van der Waals surface area contributed by atoms with Crippen molar-refractivity contribution in [2.24, 2.45) is 17.8 Å². The maximum absolute atomic E-state index is 12.3. The van der Waals surface area contributed by atoms with Crippen LogP contribution in [-0.4, -0.2) is 11.6 Å². The highest BCUT2D eigenvalue weighted by Gasteiger charge is 2.53. The highest BCUT2D eigenvalue weighted by atomic mass is 16.6. The number of fused-ring (bicyclic) bond motifs is 1. The molecule has 0 amide bonds. The minimum Gasteiger partial charge on any atom is -0.455 e. The van der Waals surface area contributed by atoms with Crippen LogP contribution in [0, 0.1) is 17.8 Å². The molecule has 0 spiro atoms. The molecule has 3 rings (SSSR count). The second-order valence-corrected chi connectivity index (χ2v) is 7.65. The Morgan fingerprint density at radius 1 is 1.00 bits per heavy atom. The summed E-state index contributed by atoms with van der Waals surface area (Å²) in [6.07, 6.45) is 14.1. The fourth-order valence-corrected chi connectivity index (χ4v) is 5.41. The number of rotatable bonds is 3. The van der Waals surface area contributed by atoms with E-state index < -0.39 is 0 Å². The van der Waals surface area contributed by atoms with Crippen LogP contribution in [0.15, 0.2) is 12.2 Å². The molecule has 3 atom stereocenters. The fraction of sp³-hybridized carbons (Fsp3) is 0.842. The molecule has 0 aliphatic heterocycles. The van der Waals surface area contributed by atoms with Crippen LogP contribution in [0.1, 0.15) is 77.6 Å². The van der Waals surface area contributed by atoms with E-state index in [4.69, 9.17) is 4.74 Å². The number of carbonyl (C=O) groups is 1. The predicted molar refractivity (Wildman–Crippen MR) is 84.9 cm³/mol. The van der Waals surface area contributed by atoms with Crippen molar-refractivity contribution in [3.05, 3.63) is 12.2 Å². The largest absolute Gasteiger partial charge is 0.455 e. The smallest absolute Gasteiger partial charge is 0.333 e. The van der Waals surface area contributed by atoms with Crippen LogP contribution in [0.4, 0.5) is 0 Å². The Kier molecular flexibility index (Phi) is 4.42. The Morgan fingerprint density at radius 3 is 2.33 bits per heavy atom. The summed E-state index contributed by atoms with van der Waals surface area (Å²) in [5.41, 5.74) is 0.404. The molecular weight excluding hydrogens is 260 g/mol. The highest BCUT2D eigenvalue weighted by molar-refractivity contribution is 5.87. The van der Waals surface area contributed by atoms with Gasteiger partial charge in [-0.3, -0.25) is 0 Å². The van der Waals surface area contributed by atoms with Gasteiger partial charge in [-0.1, -0.05) is 38.7 Å². The number of hydrogen-bond donors (Lipinski definition) is 0. The average molecular weight is 290 g/mol. The summed E-state index contributed by atoms with van der Waals surface area (Å²) in [5.74, 6) is 1.87. The van der Waals surface area contributed by atoms with E-state index >= 15 is 0 Å². The van der Waals surface area contributed by atoms with Gasteiger partial charge in [-0.05, 0) is 57.3 Å². The molecular formula is C19H30O2. The maximum atomic E-state index is 12.3. The molecule has 2 heteroatoms.